The number of nitrogens with two attached hydrogens (primary N) is 1. The van der Waals surface area contributed by atoms with E-state index in [9.17, 15) is 34.8 Å². The minimum atomic E-state index is -2.69. The summed E-state index contributed by atoms with van der Waals surface area (Å²) < 4.78 is 0. The second kappa shape index (κ2) is 8.51. The molecule has 3 aliphatic rings. The Hall–Kier alpha value is -4.53. The van der Waals surface area contributed by atoms with Gasteiger partial charge in [0, 0.05) is 23.3 Å². The van der Waals surface area contributed by atoms with Crippen molar-refractivity contribution in [3.05, 3.63) is 64.2 Å². The predicted molar refractivity (Wildman–Crippen MR) is 132 cm³/mol. The number of fused-ring (bicyclic) bond motifs is 3. The van der Waals surface area contributed by atoms with Gasteiger partial charge in [-0.3, -0.25) is 19.3 Å². The minimum absolute atomic E-state index is 0.00746. The van der Waals surface area contributed by atoms with Crippen LogP contribution in [0, 0.1) is 23.2 Å². The van der Waals surface area contributed by atoms with E-state index in [-0.39, 0.29) is 35.4 Å². The van der Waals surface area contributed by atoms with Crippen molar-refractivity contribution < 1.29 is 34.8 Å². The number of ketones is 2. The predicted octanol–water partition coefficient (Wildman–Crippen LogP) is 0.898. The van der Waals surface area contributed by atoms with E-state index in [4.69, 9.17) is 11.0 Å². The van der Waals surface area contributed by atoms with Crippen molar-refractivity contribution in [2.45, 2.75) is 24.5 Å². The van der Waals surface area contributed by atoms with Crippen molar-refractivity contribution in [2.75, 3.05) is 14.1 Å². The van der Waals surface area contributed by atoms with Crippen LogP contribution >= 0.6 is 0 Å². The summed E-state index contributed by atoms with van der Waals surface area (Å²) >= 11 is 0. The lowest BCUT2D eigenvalue weighted by atomic mass is 9.57. The lowest BCUT2D eigenvalue weighted by Crippen LogP contribution is -2.65. The van der Waals surface area contributed by atoms with Gasteiger partial charge in [-0.25, -0.2) is 4.98 Å². The Labute approximate surface area is 216 Å². The number of phenolic OH excluding ortho intramolecular Hbond substituents is 1. The monoisotopic (exact) mass is 516 g/mol. The van der Waals surface area contributed by atoms with Gasteiger partial charge in [-0.2, -0.15) is 5.26 Å². The molecule has 0 aliphatic heterocycles. The fourth-order valence-corrected chi connectivity index (χ4v) is 6.13. The van der Waals surface area contributed by atoms with Crippen molar-refractivity contribution in [1.29, 1.82) is 5.26 Å². The number of rotatable bonds is 3. The smallest absolute Gasteiger partial charge is 0.255 e. The number of carbonyl (C=O) groups excluding carboxylic acids is 3. The Bertz CT molecular complexity index is 1530. The molecule has 1 amide bonds. The minimum Gasteiger partial charge on any atom is -0.508 e. The van der Waals surface area contributed by atoms with Gasteiger partial charge in [0.2, 0.25) is 5.78 Å². The fourth-order valence-electron chi connectivity index (χ4n) is 6.13. The maximum atomic E-state index is 13.9. The zero-order chi connectivity index (χ0) is 27.7. The molecule has 1 aromatic carbocycles. The highest BCUT2D eigenvalue weighted by molar-refractivity contribution is 6.24. The number of hydrogen-bond acceptors (Lipinski definition) is 10. The summed E-state index contributed by atoms with van der Waals surface area (Å²) in [6, 6.07) is 6.98. The number of Topliss-reactive ketones (excluding diaryl/α,β-unsaturated/α-hetero) is 2. The van der Waals surface area contributed by atoms with Crippen molar-refractivity contribution in [1.82, 2.24) is 9.88 Å². The van der Waals surface area contributed by atoms with Crippen molar-refractivity contribution in [3.63, 3.8) is 0 Å². The summed E-state index contributed by atoms with van der Waals surface area (Å²) in [5.74, 6) is -7.01. The molecule has 1 aromatic heterocycles. The van der Waals surface area contributed by atoms with E-state index in [0.717, 1.165) is 0 Å². The second-order valence-electron chi connectivity index (χ2n) is 9.99. The molecule has 0 radical (unpaired) electrons. The molecule has 1 heterocycles. The van der Waals surface area contributed by atoms with E-state index in [1.807, 2.05) is 6.07 Å². The van der Waals surface area contributed by atoms with Gasteiger partial charge >= 0.3 is 0 Å². The van der Waals surface area contributed by atoms with Crippen LogP contribution in [0.25, 0.3) is 16.9 Å². The second-order valence-corrected chi connectivity index (χ2v) is 9.99. The van der Waals surface area contributed by atoms with Crippen LogP contribution in [0.2, 0.25) is 0 Å². The van der Waals surface area contributed by atoms with Gasteiger partial charge in [-0.1, -0.05) is 6.07 Å². The molecule has 1 fully saturated rings. The summed E-state index contributed by atoms with van der Waals surface area (Å²) in [6.07, 6.45) is 1.63. The molecule has 11 heteroatoms. The van der Waals surface area contributed by atoms with Gasteiger partial charge in [0.05, 0.1) is 11.6 Å². The van der Waals surface area contributed by atoms with Crippen LogP contribution in [0.1, 0.15) is 23.2 Å². The topological polar surface area (TPSA) is 198 Å². The van der Waals surface area contributed by atoms with E-state index >= 15 is 0 Å². The third-order valence-corrected chi connectivity index (χ3v) is 7.79. The maximum absolute atomic E-state index is 13.9. The molecule has 38 heavy (non-hydrogen) atoms. The number of pyridine rings is 1. The highest BCUT2D eigenvalue weighted by Crippen LogP contribution is 2.53. The Morgan fingerprint density at radius 1 is 1.18 bits per heavy atom. The standard InChI is InChI=1S/C27H24N4O7/c1-31(2)21-16-8-12-7-15-14(11-3-4-13(9-28)30-10-11)5-6-17(32)19(15)22(33)18(12)24(35)27(16,38)25(36)20(23(21)34)26(29)37/h3-6,10,12,16,21,32-33,36,38H,7-8H2,1-2H3,(H2,29,37)/t12-,16-,21-,27-/m0/s1. The molecule has 0 bridgehead atoms. The molecule has 2 aromatic rings. The van der Waals surface area contributed by atoms with Gasteiger partial charge in [-0.05, 0) is 62.2 Å². The number of carbonyl (C=O) groups is 3. The quantitative estimate of drug-likeness (QED) is 0.365. The van der Waals surface area contributed by atoms with Gasteiger partial charge < -0.3 is 26.2 Å². The molecular formula is C27H24N4O7. The average Bonchev–Trinajstić information content (AvgIpc) is 2.86. The van der Waals surface area contributed by atoms with E-state index in [2.05, 4.69) is 4.98 Å². The Kier molecular flexibility index (Phi) is 5.63. The normalized spacial score (nSPS) is 26.6. The first-order chi connectivity index (χ1) is 17.9. The van der Waals surface area contributed by atoms with Gasteiger partial charge in [0.15, 0.2) is 11.4 Å². The number of phenols is 1. The SMILES string of the molecule is CN(C)[C@@H]1C(=O)C(C(N)=O)=C(O)[C@@]2(O)C(=O)C3=C(O)c4c(O)ccc(-c5ccc(C#N)nc5)c4C[C@H]3C[C@@H]12. The Morgan fingerprint density at radius 3 is 2.47 bits per heavy atom. The highest BCUT2D eigenvalue weighted by Gasteiger charge is 2.64. The third kappa shape index (κ3) is 3.27. The number of aromatic nitrogens is 1. The summed E-state index contributed by atoms with van der Waals surface area (Å²) in [6.45, 7) is 0. The summed E-state index contributed by atoms with van der Waals surface area (Å²) in [5.41, 5.74) is 3.51. The summed E-state index contributed by atoms with van der Waals surface area (Å²) in [5, 5.41) is 53.6. The number of likely N-dealkylation sites (N-methyl/N-ethyl adjacent to an activating group) is 1. The van der Waals surface area contributed by atoms with E-state index in [1.165, 1.54) is 23.2 Å². The first-order valence-corrected chi connectivity index (χ1v) is 11.8. The van der Waals surface area contributed by atoms with Crippen LogP contribution < -0.4 is 5.73 Å². The molecule has 11 nitrogen and oxygen atoms in total. The first-order valence-electron chi connectivity index (χ1n) is 11.8. The van der Waals surface area contributed by atoms with E-state index in [1.54, 1.807) is 26.2 Å². The van der Waals surface area contributed by atoms with E-state index < -0.39 is 58.0 Å². The number of nitriles is 1. The van der Waals surface area contributed by atoms with Crippen LogP contribution in [-0.4, -0.2) is 73.5 Å². The number of aromatic hydroxyl groups is 1. The van der Waals surface area contributed by atoms with Crippen molar-refractivity contribution >= 4 is 23.2 Å². The first kappa shape index (κ1) is 25.1. The molecule has 6 N–H and O–H groups in total. The zero-order valence-corrected chi connectivity index (χ0v) is 20.5. The molecule has 1 saturated carbocycles. The van der Waals surface area contributed by atoms with Gasteiger partial charge in [0.25, 0.3) is 5.91 Å². The third-order valence-electron chi connectivity index (χ3n) is 7.79. The maximum Gasteiger partial charge on any atom is 0.255 e. The molecular weight excluding hydrogens is 492 g/mol. The number of aliphatic hydroxyl groups is 3. The summed E-state index contributed by atoms with van der Waals surface area (Å²) in [4.78, 5) is 44.6. The largest absolute Gasteiger partial charge is 0.508 e. The fraction of sp³-hybridized carbons (Fsp3) is 0.296. The molecule has 0 unspecified atom stereocenters. The van der Waals surface area contributed by atoms with E-state index in [0.29, 0.717) is 16.7 Å². The van der Waals surface area contributed by atoms with Crippen LogP contribution in [-0.2, 0) is 20.8 Å². The van der Waals surface area contributed by atoms with Crippen LogP contribution in [0.4, 0.5) is 0 Å². The molecule has 0 spiro atoms. The number of hydrogen-bond donors (Lipinski definition) is 5. The molecule has 0 saturated heterocycles. The Balaban J connectivity index is 1.73. The number of nitrogens with zero attached hydrogens (tertiary/aromatic N) is 3. The molecule has 5 rings (SSSR count). The van der Waals surface area contributed by atoms with Crippen molar-refractivity contribution in [2.24, 2.45) is 17.6 Å². The molecule has 3 aliphatic carbocycles. The molecule has 4 atom stereocenters. The van der Waals surface area contributed by atoms with Crippen LogP contribution in [0.5, 0.6) is 5.75 Å². The van der Waals surface area contributed by atoms with Gasteiger partial charge in [-0.15, -0.1) is 0 Å². The number of amides is 1. The van der Waals surface area contributed by atoms with Crippen LogP contribution in [0.3, 0.4) is 0 Å². The van der Waals surface area contributed by atoms with Crippen LogP contribution in [0.15, 0.2) is 47.4 Å². The highest BCUT2D eigenvalue weighted by atomic mass is 16.3. The summed E-state index contributed by atoms with van der Waals surface area (Å²) in [7, 11) is 3.09. The number of primary amides is 1. The number of benzene rings is 1. The van der Waals surface area contributed by atoms with Gasteiger partial charge in [0.1, 0.15) is 34.6 Å². The lowest BCUT2D eigenvalue weighted by Gasteiger charge is -2.50. The zero-order valence-electron chi connectivity index (χ0n) is 20.5. The average molecular weight is 517 g/mol. The number of aliphatic hydroxyl groups excluding tert-OH is 2. The lowest BCUT2D eigenvalue weighted by molar-refractivity contribution is -0.153. The van der Waals surface area contributed by atoms with Crippen molar-refractivity contribution in [3.8, 4) is 22.9 Å². The molecule has 194 valence electrons. The Morgan fingerprint density at radius 2 is 1.89 bits per heavy atom.